The highest BCUT2D eigenvalue weighted by Gasteiger charge is 2.07. The number of aromatic nitrogens is 1. The highest BCUT2D eigenvalue weighted by atomic mass is 16.3. The normalized spacial score (nSPS) is 12.0. The number of nitriles is 1. The molecule has 17 heavy (non-hydrogen) atoms. The van der Waals surface area contributed by atoms with E-state index in [1.807, 2.05) is 31.2 Å². The molecule has 2 aromatic rings. The Morgan fingerprint density at radius 2 is 2.29 bits per heavy atom. The average molecular weight is 227 g/mol. The van der Waals surface area contributed by atoms with E-state index in [2.05, 4.69) is 10.3 Å². The minimum Gasteiger partial charge on any atom is -0.449 e. The third kappa shape index (κ3) is 2.92. The van der Waals surface area contributed by atoms with E-state index in [4.69, 9.17) is 9.68 Å². The lowest BCUT2D eigenvalue weighted by Crippen LogP contribution is -2.18. The van der Waals surface area contributed by atoms with Gasteiger partial charge in [-0.1, -0.05) is 6.07 Å². The molecule has 0 bridgehead atoms. The van der Waals surface area contributed by atoms with Gasteiger partial charge >= 0.3 is 0 Å². The van der Waals surface area contributed by atoms with Crippen molar-refractivity contribution in [1.82, 2.24) is 10.3 Å². The summed E-state index contributed by atoms with van der Waals surface area (Å²) in [6.07, 6.45) is 1.77. The summed E-state index contributed by atoms with van der Waals surface area (Å²) in [6.45, 7) is 2.62. The fourth-order valence-corrected chi connectivity index (χ4v) is 1.52. The van der Waals surface area contributed by atoms with E-state index in [-0.39, 0.29) is 6.04 Å². The number of pyridine rings is 1. The van der Waals surface area contributed by atoms with Crippen LogP contribution in [0.5, 0.6) is 0 Å². The van der Waals surface area contributed by atoms with Crippen molar-refractivity contribution in [3.8, 4) is 6.07 Å². The van der Waals surface area contributed by atoms with E-state index in [0.29, 0.717) is 12.3 Å². The van der Waals surface area contributed by atoms with E-state index in [1.54, 1.807) is 18.3 Å². The van der Waals surface area contributed by atoms with Gasteiger partial charge in [0, 0.05) is 12.2 Å². The second-order valence-corrected chi connectivity index (χ2v) is 3.73. The van der Waals surface area contributed by atoms with Crippen LogP contribution < -0.4 is 5.32 Å². The van der Waals surface area contributed by atoms with Crippen LogP contribution in [0.4, 0.5) is 0 Å². The zero-order valence-corrected chi connectivity index (χ0v) is 9.55. The van der Waals surface area contributed by atoms with Crippen molar-refractivity contribution in [2.24, 2.45) is 0 Å². The Balaban J connectivity index is 1.92. The van der Waals surface area contributed by atoms with Gasteiger partial charge in [-0.2, -0.15) is 5.26 Å². The second kappa shape index (κ2) is 5.28. The molecular formula is C13H13N3O. The number of nitrogens with one attached hydrogen (secondary N) is 1. The summed E-state index contributed by atoms with van der Waals surface area (Å²) in [5, 5.41) is 11.9. The van der Waals surface area contributed by atoms with Crippen LogP contribution in [0.1, 0.15) is 30.2 Å². The van der Waals surface area contributed by atoms with Crippen molar-refractivity contribution in [3.05, 3.63) is 53.7 Å². The van der Waals surface area contributed by atoms with Crippen LogP contribution in [0.3, 0.4) is 0 Å². The molecule has 0 fully saturated rings. The lowest BCUT2D eigenvalue weighted by molar-refractivity contribution is 0.451. The molecule has 0 aromatic carbocycles. The standard InChI is InChI=1S/C13H13N3O/c1-10(13-4-2-3-7-15-13)16-9-12-6-5-11(8-14)17-12/h2-7,10,16H,9H2,1H3/t10-/m0/s1. The largest absolute Gasteiger partial charge is 0.449 e. The van der Waals surface area contributed by atoms with Gasteiger partial charge in [0.2, 0.25) is 5.76 Å². The highest BCUT2D eigenvalue weighted by molar-refractivity contribution is 5.19. The van der Waals surface area contributed by atoms with Gasteiger partial charge in [-0.3, -0.25) is 4.98 Å². The molecule has 86 valence electrons. The van der Waals surface area contributed by atoms with Gasteiger partial charge in [0.25, 0.3) is 0 Å². The predicted octanol–water partition coefficient (Wildman–Crippen LogP) is 2.40. The minimum atomic E-state index is 0.145. The van der Waals surface area contributed by atoms with Crippen LogP contribution in [0, 0.1) is 11.3 Å². The first-order valence-electron chi connectivity index (χ1n) is 5.42. The summed E-state index contributed by atoms with van der Waals surface area (Å²) >= 11 is 0. The smallest absolute Gasteiger partial charge is 0.203 e. The Kier molecular flexibility index (Phi) is 3.53. The maximum atomic E-state index is 8.63. The molecule has 1 atom stereocenters. The number of rotatable bonds is 4. The van der Waals surface area contributed by atoms with Crippen LogP contribution in [0.2, 0.25) is 0 Å². The third-order valence-electron chi connectivity index (χ3n) is 2.49. The molecule has 0 saturated carbocycles. The average Bonchev–Trinajstić information content (AvgIpc) is 2.85. The zero-order chi connectivity index (χ0) is 12.1. The monoisotopic (exact) mass is 227 g/mol. The molecule has 0 aliphatic carbocycles. The number of nitrogens with zero attached hydrogens (tertiary/aromatic N) is 2. The van der Waals surface area contributed by atoms with Crippen LogP contribution in [0.15, 0.2) is 40.9 Å². The van der Waals surface area contributed by atoms with Gasteiger partial charge < -0.3 is 9.73 Å². The molecule has 1 N–H and O–H groups in total. The molecule has 0 unspecified atom stereocenters. The quantitative estimate of drug-likeness (QED) is 0.871. The van der Waals surface area contributed by atoms with Crippen molar-refractivity contribution in [2.75, 3.05) is 0 Å². The summed E-state index contributed by atoms with van der Waals surface area (Å²) in [4.78, 5) is 4.27. The molecule has 0 spiro atoms. The minimum absolute atomic E-state index is 0.145. The van der Waals surface area contributed by atoms with E-state index < -0.39 is 0 Å². The van der Waals surface area contributed by atoms with Gasteiger partial charge in [0.05, 0.1) is 12.2 Å². The summed E-state index contributed by atoms with van der Waals surface area (Å²) in [5.74, 6) is 1.09. The maximum Gasteiger partial charge on any atom is 0.203 e. The molecular weight excluding hydrogens is 214 g/mol. The predicted molar refractivity (Wildman–Crippen MR) is 62.9 cm³/mol. The Bertz CT molecular complexity index is 513. The van der Waals surface area contributed by atoms with Crippen LogP contribution in [-0.4, -0.2) is 4.98 Å². The van der Waals surface area contributed by atoms with Gasteiger partial charge in [0.15, 0.2) is 0 Å². The van der Waals surface area contributed by atoms with Gasteiger partial charge in [-0.05, 0) is 31.2 Å². The summed E-state index contributed by atoms with van der Waals surface area (Å²) in [6, 6.07) is 11.4. The number of hydrogen-bond acceptors (Lipinski definition) is 4. The second-order valence-electron chi connectivity index (χ2n) is 3.73. The Morgan fingerprint density at radius 3 is 2.94 bits per heavy atom. The molecule has 4 nitrogen and oxygen atoms in total. The Labute approximate surface area is 99.9 Å². The topological polar surface area (TPSA) is 61.9 Å². The van der Waals surface area contributed by atoms with Crippen molar-refractivity contribution in [3.63, 3.8) is 0 Å². The lowest BCUT2D eigenvalue weighted by atomic mass is 10.2. The molecule has 2 rings (SSSR count). The van der Waals surface area contributed by atoms with Crippen molar-refractivity contribution in [2.45, 2.75) is 19.5 Å². The summed E-state index contributed by atoms with van der Waals surface area (Å²) < 4.78 is 5.28. The lowest BCUT2D eigenvalue weighted by Gasteiger charge is -2.11. The molecule has 0 amide bonds. The molecule has 0 saturated heterocycles. The molecule has 2 heterocycles. The fourth-order valence-electron chi connectivity index (χ4n) is 1.52. The van der Waals surface area contributed by atoms with E-state index in [9.17, 15) is 0 Å². The van der Waals surface area contributed by atoms with Gasteiger partial charge in [0.1, 0.15) is 11.8 Å². The van der Waals surface area contributed by atoms with Crippen LogP contribution in [0.25, 0.3) is 0 Å². The molecule has 0 aliphatic rings. The highest BCUT2D eigenvalue weighted by Crippen LogP contribution is 2.11. The van der Waals surface area contributed by atoms with Gasteiger partial charge in [-0.25, -0.2) is 0 Å². The maximum absolute atomic E-state index is 8.63. The van der Waals surface area contributed by atoms with Crippen LogP contribution in [-0.2, 0) is 6.54 Å². The number of hydrogen-bond donors (Lipinski definition) is 1. The van der Waals surface area contributed by atoms with Crippen LogP contribution >= 0.6 is 0 Å². The summed E-state index contributed by atoms with van der Waals surface area (Å²) in [5.41, 5.74) is 0.986. The first-order valence-corrected chi connectivity index (χ1v) is 5.42. The molecule has 0 aliphatic heterocycles. The van der Waals surface area contributed by atoms with Crippen molar-refractivity contribution in [1.29, 1.82) is 5.26 Å². The molecule has 2 aromatic heterocycles. The Hall–Kier alpha value is -2.12. The van der Waals surface area contributed by atoms with Gasteiger partial charge in [-0.15, -0.1) is 0 Å². The van der Waals surface area contributed by atoms with Crippen molar-refractivity contribution >= 4 is 0 Å². The third-order valence-corrected chi connectivity index (χ3v) is 2.49. The first kappa shape index (κ1) is 11.4. The zero-order valence-electron chi connectivity index (χ0n) is 9.55. The number of furan rings is 1. The Morgan fingerprint density at radius 1 is 1.41 bits per heavy atom. The van der Waals surface area contributed by atoms with E-state index in [0.717, 1.165) is 11.5 Å². The van der Waals surface area contributed by atoms with E-state index in [1.165, 1.54) is 0 Å². The van der Waals surface area contributed by atoms with Crippen molar-refractivity contribution < 1.29 is 4.42 Å². The first-order chi connectivity index (χ1) is 8.29. The van der Waals surface area contributed by atoms with E-state index >= 15 is 0 Å². The summed E-state index contributed by atoms with van der Waals surface area (Å²) in [7, 11) is 0. The SMILES string of the molecule is C[C@H](NCc1ccc(C#N)o1)c1ccccn1. The molecule has 0 radical (unpaired) electrons. The molecule has 4 heteroatoms. The fraction of sp³-hybridized carbons (Fsp3) is 0.231.